The predicted molar refractivity (Wildman–Crippen MR) is 49.7 cm³/mol. The molecule has 0 bridgehead atoms. The molecule has 3 nitrogen and oxygen atoms in total. The standard InChI is InChI=1S/C10H12N2O/c1-6-5-8-3-4-11-10(13)9(8)12-7(6)2/h5H,3-4H2,1-2H3,(H,11,13). The van der Waals surface area contributed by atoms with Crippen LogP contribution >= 0.6 is 0 Å². The molecule has 0 spiro atoms. The Morgan fingerprint density at radius 1 is 1.46 bits per heavy atom. The van der Waals surface area contributed by atoms with Crippen LogP contribution in [-0.2, 0) is 6.42 Å². The number of nitrogens with one attached hydrogen (secondary N) is 1. The number of pyridine rings is 1. The first-order valence-corrected chi connectivity index (χ1v) is 4.44. The monoisotopic (exact) mass is 176 g/mol. The normalized spacial score (nSPS) is 15.1. The molecule has 1 aromatic heterocycles. The fraction of sp³-hybridized carbons (Fsp3) is 0.400. The summed E-state index contributed by atoms with van der Waals surface area (Å²) in [5.74, 6) is -0.0376. The van der Waals surface area contributed by atoms with Crippen LogP contribution in [0.1, 0.15) is 27.3 Å². The van der Waals surface area contributed by atoms with E-state index in [1.807, 2.05) is 13.8 Å². The minimum absolute atomic E-state index is 0.0376. The van der Waals surface area contributed by atoms with Crippen molar-refractivity contribution >= 4 is 5.91 Å². The van der Waals surface area contributed by atoms with Crippen LogP contribution in [0.3, 0.4) is 0 Å². The SMILES string of the molecule is Cc1cc2c(nc1C)C(=O)NCC2. The molecule has 3 heteroatoms. The average Bonchev–Trinajstić information content (AvgIpc) is 2.09. The van der Waals surface area contributed by atoms with Crippen molar-refractivity contribution < 1.29 is 4.79 Å². The average molecular weight is 176 g/mol. The fourth-order valence-corrected chi connectivity index (χ4v) is 1.54. The summed E-state index contributed by atoms with van der Waals surface area (Å²) in [6.07, 6.45) is 0.898. The molecule has 0 aliphatic carbocycles. The van der Waals surface area contributed by atoms with Gasteiger partial charge in [-0.25, -0.2) is 4.98 Å². The zero-order valence-electron chi connectivity index (χ0n) is 7.85. The molecule has 0 saturated heterocycles. The first kappa shape index (κ1) is 8.23. The lowest BCUT2D eigenvalue weighted by Crippen LogP contribution is -2.33. The van der Waals surface area contributed by atoms with E-state index in [0.29, 0.717) is 5.69 Å². The van der Waals surface area contributed by atoms with Crippen molar-refractivity contribution in [3.8, 4) is 0 Å². The number of rotatable bonds is 0. The van der Waals surface area contributed by atoms with Crippen molar-refractivity contribution in [1.29, 1.82) is 0 Å². The summed E-state index contributed by atoms with van der Waals surface area (Å²) in [5.41, 5.74) is 3.78. The second kappa shape index (κ2) is 2.83. The highest BCUT2D eigenvalue weighted by atomic mass is 16.1. The Balaban J connectivity index is 2.58. The number of hydrogen-bond acceptors (Lipinski definition) is 2. The number of aryl methyl sites for hydroxylation is 2. The second-order valence-corrected chi connectivity index (χ2v) is 3.40. The van der Waals surface area contributed by atoms with Gasteiger partial charge in [-0.3, -0.25) is 4.79 Å². The Morgan fingerprint density at radius 2 is 2.23 bits per heavy atom. The van der Waals surface area contributed by atoms with Crippen molar-refractivity contribution in [3.63, 3.8) is 0 Å². The van der Waals surface area contributed by atoms with E-state index in [9.17, 15) is 4.79 Å². The molecule has 2 heterocycles. The predicted octanol–water partition coefficient (Wildman–Crippen LogP) is 0.984. The van der Waals surface area contributed by atoms with Gasteiger partial charge in [-0.2, -0.15) is 0 Å². The van der Waals surface area contributed by atoms with Crippen molar-refractivity contribution in [2.45, 2.75) is 20.3 Å². The molecule has 0 fully saturated rings. The van der Waals surface area contributed by atoms with Crippen LogP contribution in [0.15, 0.2) is 6.07 Å². The first-order valence-electron chi connectivity index (χ1n) is 4.44. The van der Waals surface area contributed by atoms with Gasteiger partial charge < -0.3 is 5.32 Å². The Hall–Kier alpha value is -1.38. The van der Waals surface area contributed by atoms with Crippen LogP contribution in [-0.4, -0.2) is 17.4 Å². The summed E-state index contributed by atoms with van der Waals surface area (Å²) in [6, 6.07) is 2.07. The molecule has 0 unspecified atom stereocenters. The van der Waals surface area contributed by atoms with E-state index in [-0.39, 0.29) is 5.91 Å². The zero-order valence-corrected chi connectivity index (χ0v) is 7.85. The summed E-state index contributed by atoms with van der Waals surface area (Å²) in [7, 11) is 0. The quantitative estimate of drug-likeness (QED) is 0.640. The molecule has 13 heavy (non-hydrogen) atoms. The van der Waals surface area contributed by atoms with E-state index in [1.54, 1.807) is 0 Å². The van der Waals surface area contributed by atoms with E-state index in [4.69, 9.17) is 0 Å². The van der Waals surface area contributed by atoms with Crippen LogP contribution in [0, 0.1) is 13.8 Å². The van der Waals surface area contributed by atoms with Gasteiger partial charge in [0.15, 0.2) is 0 Å². The zero-order chi connectivity index (χ0) is 9.42. The summed E-state index contributed by atoms with van der Waals surface area (Å²) < 4.78 is 0. The molecule has 1 aromatic rings. The lowest BCUT2D eigenvalue weighted by Gasteiger charge is -2.16. The van der Waals surface area contributed by atoms with E-state index in [0.717, 1.165) is 29.8 Å². The molecular formula is C10H12N2O. The van der Waals surface area contributed by atoms with Gasteiger partial charge in [-0.1, -0.05) is 6.07 Å². The Bertz CT molecular complexity index is 371. The molecule has 0 atom stereocenters. The van der Waals surface area contributed by atoms with Gasteiger partial charge in [0.2, 0.25) is 0 Å². The molecule has 1 aliphatic rings. The fourth-order valence-electron chi connectivity index (χ4n) is 1.54. The number of nitrogens with zero attached hydrogens (tertiary/aromatic N) is 1. The molecule has 68 valence electrons. The molecule has 0 aromatic carbocycles. The highest BCUT2D eigenvalue weighted by molar-refractivity contribution is 5.94. The van der Waals surface area contributed by atoms with Gasteiger partial charge in [0.1, 0.15) is 5.69 Å². The molecule has 2 rings (SSSR count). The summed E-state index contributed by atoms with van der Waals surface area (Å²) in [6.45, 7) is 4.68. The smallest absolute Gasteiger partial charge is 0.270 e. The largest absolute Gasteiger partial charge is 0.350 e. The minimum atomic E-state index is -0.0376. The third-order valence-electron chi connectivity index (χ3n) is 2.44. The van der Waals surface area contributed by atoms with Gasteiger partial charge in [0, 0.05) is 12.2 Å². The third-order valence-corrected chi connectivity index (χ3v) is 2.44. The maximum Gasteiger partial charge on any atom is 0.270 e. The first-order chi connectivity index (χ1) is 6.18. The molecule has 1 N–H and O–H groups in total. The summed E-state index contributed by atoms with van der Waals surface area (Å²) in [5, 5.41) is 2.78. The van der Waals surface area contributed by atoms with E-state index < -0.39 is 0 Å². The minimum Gasteiger partial charge on any atom is -0.350 e. The van der Waals surface area contributed by atoms with Gasteiger partial charge >= 0.3 is 0 Å². The lowest BCUT2D eigenvalue weighted by atomic mass is 10.0. The van der Waals surface area contributed by atoms with Crippen molar-refractivity contribution in [1.82, 2.24) is 10.3 Å². The van der Waals surface area contributed by atoms with Crippen LogP contribution in [0.4, 0.5) is 0 Å². The summed E-state index contributed by atoms with van der Waals surface area (Å²) in [4.78, 5) is 15.7. The van der Waals surface area contributed by atoms with Gasteiger partial charge in [0.05, 0.1) is 0 Å². The molecule has 1 amide bonds. The number of hydrogen-bond donors (Lipinski definition) is 1. The number of fused-ring (bicyclic) bond motifs is 1. The topological polar surface area (TPSA) is 42.0 Å². The van der Waals surface area contributed by atoms with E-state index in [1.165, 1.54) is 0 Å². The van der Waals surface area contributed by atoms with Crippen LogP contribution in [0.25, 0.3) is 0 Å². The van der Waals surface area contributed by atoms with Crippen LogP contribution in [0.5, 0.6) is 0 Å². The Morgan fingerprint density at radius 3 is 3.00 bits per heavy atom. The molecular weight excluding hydrogens is 164 g/mol. The highest BCUT2D eigenvalue weighted by Crippen LogP contribution is 2.15. The van der Waals surface area contributed by atoms with Crippen molar-refractivity contribution in [2.24, 2.45) is 0 Å². The number of amides is 1. The van der Waals surface area contributed by atoms with Gasteiger partial charge in [-0.05, 0) is 31.4 Å². The highest BCUT2D eigenvalue weighted by Gasteiger charge is 2.18. The van der Waals surface area contributed by atoms with Gasteiger partial charge in [-0.15, -0.1) is 0 Å². The third kappa shape index (κ3) is 1.30. The number of aromatic nitrogens is 1. The molecule has 1 aliphatic heterocycles. The van der Waals surface area contributed by atoms with Crippen molar-refractivity contribution in [2.75, 3.05) is 6.54 Å². The number of carbonyl (C=O) groups excluding carboxylic acids is 1. The van der Waals surface area contributed by atoms with Crippen molar-refractivity contribution in [3.05, 3.63) is 28.6 Å². The van der Waals surface area contributed by atoms with Crippen LogP contribution < -0.4 is 5.32 Å². The Kier molecular flexibility index (Phi) is 1.79. The second-order valence-electron chi connectivity index (χ2n) is 3.40. The summed E-state index contributed by atoms with van der Waals surface area (Å²) >= 11 is 0. The maximum atomic E-state index is 11.4. The number of carbonyl (C=O) groups is 1. The Labute approximate surface area is 77.2 Å². The molecule has 0 saturated carbocycles. The maximum absolute atomic E-state index is 11.4. The van der Waals surface area contributed by atoms with E-state index >= 15 is 0 Å². The van der Waals surface area contributed by atoms with Gasteiger partial charge in [0.25, 0.3) is 5.91 Å². The van der Waals surface area contributed by atoms with E-state index in [2.05, 4.69) is 16.4 Å². The van der Waals surface area contributed by atoms with Crippen LogP contribution in [0.2, 0.25) is 0 Å². The molecule has 0 radical (unpaired) electrons. The lowest BCUT2D eigenvalue weighted by molar-refractivity contribution is 0.0940.